The molecule has 1 N–H and O–H groups in total. The van der Waals surface area contributed by atoms with E-state index >= 15 is 0 Å². The largest absolute Gasteiger partial charge is 0.250 e. The smallest absolute Gasteiger partial charge is 0.240 e. The van der Waals surface area contributed by atoms with Gasteiger partial charge in [-0.05, 0) is 49.8 Å². The molecule has 26 heavy (non-hydrogen) atoms. The van der Waals surface area contributed by atoms with Crippen molar-refractivity contribution < 1.29 is 21.6 Å². The van der Waals surface area contributed by atoms with Crippen molar-refractivity contribution in [1.29, 1.82) is 0 Å². The summed E-state index contributed by atoms with van der Waals surface area (Å²) >= 11 is 0. The van der Waals surface area contributed by atoms with Crippen LogP contribution >= 0.6 is 0 Å². The van der Waals surface area contributed by atoms with E-state index in [1.165, 1.54) is 6.07 Å². The molecule has 1 aromatic carbocycles. The summed E-state index contributed by atoms with van der Waals surface area (Å²) < 4.78 is 68.7. The second-order valence-corrected chi connectivity index (χ2v) is 8.42. The van der Waals surface area contributed by atoms with Gasteiger partial charge < -0.3 is 0 Å². The molecule has 1 aromatic heterocycles. The van der Waals surface area contributed by atoms with E-state index in [2.05, 4.69) is 16.6 Å². The molecule has 1 saturated carbocycles. The van der Waals surface area contributed by atoms with E-state index < -0.39 is 27.5 Å². The van der Waals surface area contributed by atoms with Crippen LogP contribution in [0.2, 0.25) is 0 Å². The van der Waals surface area contributed by atoms with Crippen LogP contribution in [0.15, 0.2) is 35.4 Å². The number of hydrogen-bond donors (Lipinski definition) is 1. The summed E-state index contributed by atoms with van der Waals surface area (Å²) in [5.74, 6) is -2.26. The number of hydrogen-bond acceptors (Lipinski definition) is 3. The maximum absolute atomic E-state index is 14.4. The van der Waals surface area contributed by atoms with Gasteiger partial charge in [-0.2, -0.15) is 0 Å². The average molecular weight is 384 g/mol. The fourth-order valence-corrected chi connectivity index (χ4v) is 4.45. The van der Waals surface area contributed by atoms with Gasteiger partial charge in [0.1, 0.15) is 17.3 Å². The van der Waals surface area contributed by atoms with E-state index in [0.717, 1.165) is 44.0 Å². The Morgan fingerprint density at radius 1 is 1.04 bits per heavy atom. The summed E-state index contributed by atoms with van der Waals surface area (Å²) in [7, 11) is -3.88. The molecule has 0 amide bonds. The maximum atomic E-state index is 14.4. The first-order chi connectivity index (χ1) is 12.3. The molecule has 140 valence electrons. The Hall–Kier alpha value is -1.93. The quantitative estimate of drug-likeness (QED) is 0.866. The minimum Gasteiger partial charge on any atom is -0.250 e. The standard InChI is InChI=1S/C18H19F3N2O2S/c1-11-2-4-13(5-3-11)23-26(24,25)14-6-7-15(16(20)9-14)18-17(21)8-12(19)10-22-18/h6-11,13,23H,2-5H2,1H3. The summed E-state index contributed by atoms with van der Waals surface area (Å²) in [6.45, 7) is 2.13. The van der Waals surface area contributed by atoms with Crippen molar-refractivity contribution in [2.24, 2.45) is 5.92 Å². The summed E-state index contributed by atoms with van der Waals surface area (Å²) in [4.78, 5) is 3.31. The van der Waals surface area contributed by atoms with Crippen LogP contribution in [-0.2, 0) is 10.0 Å². The number of rotatable bonds is 4. The molecule has 0 unspecified atom stereocenters. The Balaban J connectivity index is 1.84. The lowest BCUT2D eigenvalue weighted by atomic mass is 9.88. The van der Waals surface area contributed by atoms with Crippen LogP contribution in [0.5, 0.6) is 0 Å². The Morgan fingerprint density at radius 3 is 2.35 bits per heavy atom. The normalized spacial score (nSPS) is 20.9. The Morgan fingerprint density at radius 2 is 1.73 bits per heavy atom. The van der Waals surface area contributed by atoms with Gasteiger partial charge in [0.25, 0.3) is 0 Å². The van der Waals surface area contributed by atoms with Crippen LogP contribution in [0, 0.1) is 23.4 Å². The predicted octanol–water partition coefficient (Wildman–Crippen LogP) is 4.02. The number of pyridine rings is 1. The van der Waals surface area contributed by atoms with Gasteiger partial charge in [0, 0.05) is 17.7 Å². The van der Waals surface area contributed by atoms with Crippen LogP contribution in [0.3, 0.4) is 0 Å². The molecule has 0 spiro atoms. The van der Waals surface area contributed by atoms with Crippen molar-refractivity contribution >= 4 is 10.0 Å². The van der Waals surface area contributed by atoms with E-state index in [9.17, 15) is 21.6 Å². The Labute approximate surface area is 150 Å². The van der Waals surface area contributed by atoms with Gasteiger partial charge in [-0.15, -0.1) is 0 Å². The molecular weight excluding hydrogens is 365 g/mol. The number of benzene rings is 1. The van der Waals surface area contributed by atoms with E-state index in [-0.39, 0.29) is 22.2 Å². The van der Waals surface area contributed by atoms with Crippen molar-refractivity contribution in [1.82, 2.24) is 9.71 Å². The van der Waals surface area contributed by atoms with Crippen molar-refractivity contribution in [3.63, 3.8) is 0 Å². The van der Waals surface area contributed by atoms with Crippen molar-refractivity contribution in [2.45, 2.75) is 43.5 Å². The summed E-state index contributed by atoms with van der Waals surface area (Å²) in [5, 5.41) is 0. The first-order valence-electron chi connectivity index (χ1n) is 8.39. The number of aromatic nitrogens is 1. The first kappa shape index (κ1) is 18.8. The minimum atomic E-state index is -3.88. The van der Waals surface area contributed by atoms with Gasteiger partial charge in [-0.25, -0.2) is 26.3 Å². The van der Waals surface area contributed by atoms with Gasteiger partial charge in [0.2, 0.25) is 10.0 Å². The molecule has 0 bridgehead atoms. The molecule has 1 aliphatic rings. The molecule has 1 fully saturated rings. The Kier molecular flexibility index (Phi) is 5.34. The molecule has 0 atom stereocenters. The number of nitrogens with zero attached hydrogens (tertiary/aromatic N) is 1. The monoisotopic (exact) mass is 384 g/mol. The van der Waals surface area contributed by atoms with Gasteiger partial charge in [-0.1, -0.05) is 6.92 Å². The second kappa shape index (κ2) is 7.36. The molecule has 3 rings (SSSR count). The Bertz CT molecular complexity index is 911. The number of sulfonamides is 1. The van der Waals surface area contributed by atoms with Crippen LogP contribution in [0.4, 0.5) is 13.2 Å². The van der Waals surface area contributed by atoms with E-state index in [1.807, 2.05) is 0 Å². The van der Waals surface area contributed by atoms with Crippen LogP contribution in [0.1, 0.15) is 32.6 Å². The highest BCUT2D eigenvalue weighted by Gasteiger charge is 2.25. The minimum absolute atomic E-state index is 0.171. The zero-order valence-electron chi connectivity index (χ0n) is 14.2. The molecular formula is C18H19F3N2O2S. The van der Waals surface area contributed by atoms with Crippen LogP contribution in [-0.4, -0.2) is 19.4 Å². The topological polar surface area (TPSA) is 59.1 Å². The van der Waals surface area contributed by atoms with Crippen molar-refractivity contribution in [3.05, 3.63) is 47.9 Å². The van der Waals surface area contributed by atoms with Crippen LogP contribution in [0.25, 0.3) is 11.3 Å². The average Bonchev–Trinajstić information content (AvgIpc) is 2.57. The number of halogens is 3. The first-order valence-corrected chi connectivity index (χ1v) is 9.88. The molecule has 8 heteroatoms. The van der Waals surface area contributed by atoms with Crippen molar-refractivity contribution in [3.8, 4) is 11.3 Å². The molecule has 4 nitrogen and oxygen atoms in total. The van der Waals surface area contributed by atoms with Gasteiger partial charge in [0.15, 0.2) is 5.82 Å². The fraction of sp³-hybridized carbons (Fsp3) is 0.389. The SMILES string of the molecule is CC1CCC(NS(=O)(=O)c2ccc(-c3ncc(F)cc3F)c(F)c2)CC1. The van der Waals surface area contributed by atoms with Crippen molar-refractivity contribution in [2.75, 3.05) is 0 Å². The molecule has 0 aliphatic heterocycles. The lowest BCUT2D eigenvalue weighted by Crippen LogP contribution is -2.37. The summed E-state index contributed by atoms with van der Waals surface area (Å²) in [6, 6.07) is 3.58. The third-order valence-electron chi connectivity index (χ3n) is 4.65. The predicted molar refractivity (Wildman–Crippen MR) is 91.3 cm³/mol. The van der Waals surface area contributed by atoms with E-state index in [0.29, 0.717) is 12.0 Å². The summed E-state index contributed by atoms with van der Waals surface area (Å²) in [6.07, 6.45) is 4.14. The van der Waals surface area contributed by atoms with Gasteiger partial charge in [0.05, 0.1) is 11.1 Å². The molecule has 0 saturated heterocycles. The fourth-order valence-electron chi connectivity index (χ4n) is 3.13. The molecule has 1 heterocycles. The molecule has 0 radical (unpaired) electrons. The third-order valence-corrected chi connectivity index (χ3v) is 6.17. The summed E-state index contributed by atoms with van der Waals surface area (Å²) in [5.41, 5.74) is -0.602. The van der Waals surface area contributed by atoms with Gasteiger partial charge in [-0.3, -0.25) is 4.98 Å². The van der Waals surface area contributed by atoms with E-state index in [1.54, 1.807) is 0 Å². The highest BCUT2D eigenvalue weighted by atomic mass is 32.2. The molecule has 1 aliphatic carbocycles. The second-order valence-electron chi connectivity index (χ2n) is 6.70. The lowest BCUT2D eigenvalue weighted by molar-refractivity contribution is 0.332. The van der Waals surface area contributed by atoms with Crippen LogP contribution < -0.4 is 4.72 Å². The zero-order valence-corrected chi connectivity index (χ0v) is 15.0. The van der Waals surface area contributed by atoms with E-state index in [4.69, 9.17) is 0 Å². The maximum Gasteiger partial charge on any atom is 0.240 e. The highest BCUT2D eigenvalue weighted by molar-refractivity contribution is 7.89. The zero-order chi connectivity index (χ0) is 18.9. The lowest BCUT2D eigenvalue weighted by Gasteiger charge is -2.26. The highest BCUT2D eigenvalue weighted by Crippen LogP contribution is 2.28. The van der Waals surface area contributed by atoms with Gasteiger partial charge >= 0.3 is 0 Å². The third kappa shape index (κ3) is 4.07. The molecule has 2 aromatic rings. The number of nitrogens with one attached hydrogen (secondary N) is 1.